The summed E-state index contributed by atoms with van der Waals surface area (Å²) >= 11 is 0. The van der Waals surface area contributed by atoms with Crippen LogP contribution in [-0.4, -0.2) is 15.0 Å². The molecule has 4 nitrogen and oxygen atoms in total. The first kappa shape index (κ1) is 29.0. The van der Waals surface area contributed by atoms with Crippen LogP contribution in [0.4, 0.5) is 0 Å². The molecule has 0 bridgehead atoms. The van der Waals surface area contributed by atoms with Gasteiger partial charge in [-0.05, 0) is 74.1 Å². The van der Waals surface area contributed by atoms with Gasteiger partial charge < -0.3 is 4.42 Å². The topological polar surface area (TPSA) is 51.8 Å². The Morgan fingerprint density at radius 3 is 1.49 bits per heavy atom. The fourth-order valence-electron chi connectivity index (χ4n) is 7.16. The van der Waals surface area contributed by atoms with Crippen LogP contribution in [0.25, 0.3) is 99.9 Å². The van der Waals surface area contributed by atoms with Gasteiger partial charge in [-0.15, -0.1) is 0 Å². The lowest BCUT2D eigenvalue weighted by atomic mass is 9.96. The third-order valence-electron chi connectivity index (χ3n) is 9.72. The Labute approximate surface area is 294 Å². The van der Waals surface area contributed by atoms with Crippen molar-refractivity contribution in [1.82, 2.24) is 15.0 Å². The molecule has 0 N–H and O–H groups in total. The summed E-state index contributed by atoms with van der Waals surface area (Å²) in [5.74, 6) is 1.84. The van der Waals surface area contributed by atoms with Crippen molar-refractivity contribution in [2.24, 2.45) is 0 Å². The number of hydrogen-bond donors (Lipinski definition) is 0. The highest BCUT2D eigenvalue weighted by Crippen LogP contribution is 2.39. The zero-order valence-electron chi connectivity index (χ0n) is 27.5. The zero-order valence-corrected chi connectivity index (χ0v) is 27.5. The summed E-state index contributed by atoms with van der Waals surface area (Å²) < 4.78 is 6.47. The number of nitrogens with zero attached hydrogens (tertiary/aromatic N) is 3. The van der Waals surface area contributed by atoms with Crippen molar-refractivity contribution in [2.45, 2.75) is 0 Å². The van der Waals surface area contributed by atoms with Crippen molar-refractivity contribution in [3.8, 4) is 56.4 Å². The van der Waals surface area contributed by atoms with E-state index in [-0.39, 0.29) is 0 Å². The summed E-state index contributed by atoms with van der Waals surface area (Å²) in [5.41, 5.74) is 9.01. The first-order valence-electron chi connectivity index (χ1n) is 17.1. The predicted octanol–water partition coefficient (Wildman–Crippen LogP) is 12.4. The maximum absolute atomic E-state index is 6.47. The molecular weight excluding hydrogens is 623 g/mol. The summed E-state index contributed by atoms with van der Waals surface area (Å²) in [7, 11) is 0. The van der Waals surface area contributed by atoms with Crippen LogP contribution in [0.3, 0.4) is 0 Å². The second-order valence-electron chi connectivity index (χ2n) is 12.8. The van der Waals surface area contributed by atoms with Gasteiger partial charge in [-0.2, -0.15) is 0 Å². The van der Waals surface area contributed by atoms with Crippen LogP contribution >= 0.6 is 0 Å². The number of aromatic nitrogens is 3. The van der Waals surface area contributed by atoms with E-state index in [9.17, 15) is 0 Å². The molecule has 0 aliphatic heterocycles. The van der Waals surface area contributed by atoms with Gasteiger partial charge >= 0.3 is 0 Å². The number of benzene rings is 8. The lowest BCUT2D eigenvalue weighted by molar-refractivity contribution is 0.669. The van der Waals surface area contributed by atoms with E-state index in [1.807, 2.05) is 48.5 Å². The van der Waals surface area contributed by atoms with Crippen LogP contribution in [0.5, 0.6) is 0 Å². The molecule has 0 saturated heterocycles. The summed E-state index contributed by atoms with van der Waals surface area (Å²) in [6.45, 7) is 0. The summed E-state index contributed by atoms with van der Waals surface area (Å²) in [6.07, 6.45) is 0. The molecule has 2 aromatic heterocycles. The molecule has 0 unspecified atom stereocenters. The Bertz CT molecular complexity index is 2900. The van der Waals surface area contributed by atoms with Gasteiger partial charge in [0.2, 0.25) is 0 Å². The molecular formula is C47H29N3O. The average molecular weight is 652 g/mol. The van der Waals surface area contributed by atoms with Crippen LogP contribution < -0.4 is 0 Å². The van der Waals surface area contributed by atoms with Crippen molar-refractivity contribution in [1.29, 1.82) is 0 Å². The van der Waals surface area contributed by atoms with E-state index in [2.05, 4.69) is 127 Å². The Kier molecular flexibility index (Phi) is 6.78. The highest BCUT2D eigenvalue weighted by molar-refractivity contribution is 6.13. The molecule has 0 fully saturated rings. The van der Waals surface area contributed by atoms with E-state index >= 15 is 0 Å². The van der Waals surface area contributed by atoms with Gasteiger partial charge in [-0.25, -0.2) is 15.0 Å². The number of hydrogen-bond acceptors (Lipinski definition) is 4. The quantitative estimate of drug-likeness (QED) is 0.174. The van der Waals surface area contributed by atoms with E-state index < -0.39 is 0 Å². The fraction of sp³-hybridized carbons (Fsp3) is 0. The van der Waals surface area contributed by atoms with Gasteiger partial charge in [-0.1, -0.05) is 146 Å². The van der Waals surface area contributed by atoms with E-state index in [1.54, 1.807) is 0 Å². The van der Waals surface area contributed by atoms with E-state index in [0.29, 0.717) is 17.5 Å². The SMILES string of the molecule is c1ccc(-c2ccc3c(c2)oc2cccc(-c4nc(-c5ccccc5)nc(-c5ccc6ccc7ccc(-c8ccccc8)cc7c6c5)n4)c23)cc1. The average Bonchev–Trinajstić information content (AvgIpc) is 3.59. The Morgan fingerprint density at radius 2 is 0.824 bits per heavy atom. The van der Waals surface area contributed by atoms with E-state index in [0.717, 1.165) is 55.1 Å². The molecule has 10 rings (SSSR count). The van der Waals surface area contributed by atoms with Gasteiger partial charge in [0.15, 0.2) is 17.5 Å². The van der Waals surface area contributed by atoms with Crippen molar-refractivity contribution in [3.63, 3.8) is 0 Å². The third-order valence-corrected chi connectivity index (χ3v) is 9.72. The Morgan fingerprint density at radius 1 is 0.314 bits per heavy atom. The molecule has 0 atom stereocenters. The molecule has 10 aromatic rings. The fourth-order valence-corrected chi connectivity index (χ4v) is 7.16. The minimum absolute atomic E-state index is 0.601. The van der Waals surface area contributed by atoms with Crippen LogP contribution in [0, 0.1) is 0 Å². The van der Waals surface area contributed by atoms with E-state index in [4.69, 9.17) is 19.4 Å². The van der Waals surface area contributed by atoms with Crippen molar-refractivity contribution in [3.05, 3.63) is 176 Å². The smallest absolute Gasteiger partial charge is 0.164 e. The van der Waals surface area contributed by atoms with Crippen LogP contribution in [0.1, 0.15) is 0 Å². The largest absolute Gasteiger partial charge is 0.456 e. The first-order chi connectivity index (χ1) is 25.2. The van der Waals surface area contributed by atoms with Crippen molar-refractivity contribution in [2.75, 3.05) is 0 Å². The second kappa shape index (κ2) is 11.9. The standard InChI is InChI=1S/C47H29N3O/c1-4-11-30(12-5-1)35-23-21-32-19-20-33-22-24-37(28-41(33)40(32)27-35)46-48-45(34-15-8-3-9-16-34)49-47(50-46)39-17-10-18-42-44(39)38-26-25-36(29-43(38)51-42)31-13-6-2-7-14-31/h1-29H. The molecule has 0 radical (unpaired) electrons. The second-order valence-corrected chi connectivity index (χ2v) is 12.8. The van der Waals surface area contributed by atoms with E-state index in [1.165, 1.54) is 27.3 Å². The molecule has 238 valence electrons. The minimum Gasteiger partial charge on any atom is -0.456 e. The van der Waals surface area contributed by atoms with Crippen LogP contribution in [0.2, 0.25) is 0 Å². The molecule has 8 aromatic carbocycles. The predicted molar refractivity (Wildman–Crippen MR) is 209 cm³/mol. The van der Waals surface area contributed by atoms with Gasteiger partial charge in [0.05, 0.1) is 0 Å². The summed E-state index contributed by atoms with van der Waals surface area (Å²) in [6, 6.07) is 61.1. The number of furan rings is 1. The molecule has 2 heterocycles. The monoisotopic (exact) mass is 651 g/mol. The maximum atomic E-state index is 6.47. The Hall–Kier alpha value is -6.91. The third kappa shape index (κ3) is 5.13. The normalized spacial score (nSPS) is 11.5. The zero-order chi connectivity index (χ0) is 33.7. The molecule has 0 aliphatic rings. The molecule has 0 spiro atoms. The molecule has 0 saturated carbocycles. The maximum Gasteiger partial charge on any atom is 0.164 e. The number of rotatable bonds is 5. The van der Waals surface area contributed by atoms with Gasteiger partial charge in [-0.3, -0.25) is 0 Å². The van der Waals surface area contributed by atoms with Crippen LogP contribution in [0.15, 0.2) is 180 Å². The highest BCUT2D eigenvalue weighted by atomic mass is 16.3. The highest BCUT2D eigenvalue weighted by Gasteiger charge is 2.18. The molecule has 0 amide bonds. The van der Waals surface area contributed by atoms with Gasteiger partial charge in [0.1, 0.15) is 11.2 Å². The van der Waals surface area contributed by atoms with Gasteiger partial charge in [0.25, 0.3) is 0 Å². The Balaban J connectivity index is 1.17. The van der Waals surface area contributed by atoms with Gasteiger partial charge in [0, 0.05) is 27.5 Å². The first-order valence-corrected chi connectivity index (χ1v) is 17.1. The lowest BCUT2D eigenvalue weighted by Gasteiger charge is -2.11. The lowest BCUT2D eigenvalue weighted by Crippen LogP contribution is -2.00. The molecule has 0 aliphatic carbocycles. The molecule has 51 heavy (non-hydrogen) atoms. The van der Waals surface area contributed by atoms with Crippen molar-refractivity contribution < 1.29 is 4.42 Å². The molecule has 4 heteroatoms. The van der Waals surface area contributed by atoms with Crippen molar-refractivity contribution >= 4 is 43.5 Å². The summed E-state index contributed by atoms with van der Waals surface area (Å²) in [5, 5.41) is 6.71. The number of fused-ring (bicyclic) bond motifs is 6. The summed E-state index contributed by atoms with van der Waals surface area (Å²) in [4.78, 5) is 15.4. The minimum atomic E-state index is 0.601. The van der Waals surface area contributed by atoms with Crippen LogP contribution in [-0.2, 0) is 0 Å².